The van der Waals surface area contributed by atoms with Crippen molar-refractivity contribution in [2.75, 3.05) is 24.9 Å². The lowest BCUT2D eigenvalue weighted by Gasteiger charge is -2.14. The van der Waals surface area contributed by atoms with Crippen molar-refractivity contribution in [2.45, 2.75) is 6.92 Å². The number of nitrogens with one attached hydrogen (secondary N) is 2. The highest BCUT2D eigenvalue weighted by Gasteiger charge is 2.08. The Morgan fingerprint density at radius 3 is 2.45 bits per heavy atom. The first-order valence-corrected chi connectivity index (χ1v) is 7.00. The number of anilines is 2. The van der Waals surface area contributed by atoms with Crippen molar-refractivity contribution >= 4 is 28.7 Å². The molecule has 0 radical (unpaired) electrons. The summed E-state index contributed by atoms with van der Waals surface area (Å²) in [5.74, 6) is 1.01. The van der Waals surface area contributed by atoms with Gasteiger partial charge in [-0.15, -0.1) is 0 Å². The number of methoxy groups -OCH3 is 2. The van der Waals surface area contributed by atoms with Crippen LogP contribution in [-0.4, -0.2) is 19.3 Å². The van der Waals surface area contributed by atoms with Crippen LogP contribution >= 0.6 is 12.2 Å². The third-order valence-electron chi connectivity index (χ3n) is 3.08. The smallest absolute Gasteiger partial charge is 0.175 e. The van der Waals surface area contributed by atoms with Gasteiger partial charge in [0.1, 0.15) is 17.3 Å². The number of halogens is 1. The number of rotatable bonds is 4. The SMILES string of the molecule is COc1ccc(OC)c(NC(=S)Nc2ccc(C)c(F)c2)c1. The van der Waals surface area contributed by atoms with Gasteiger partial charge >= 0.3 is 0 Å². The van der Waals surface area contributed by atoms with Crippen molar-refractivity contribution in [3.05, 3.63) is 47.8 Å². The zero-order valence-corrected chi connectivity index (χ0v) is 13.4. The summed E-state index contributed by atoms with van der Waals surface area (Å²) >= 11 is 5.24. The lowest BCUT2D eigenvalue weighted by molar-refractivity contribution is 0.405. The maximum absolute atomic E-state index is 13.5. The van der Waals surface area contributed by atoms with Gasteiger partial charge in [0.05, 0.1) is 19.9 Å². The Hall–Kier alpha value is -2.34. The van der Waals surface area contributed by atoms with Crippen molar-refractivity contribution in [3.8, 4) is 11.5 Å². The van der Waals surface area contributed by atoms with Crippen LogP contribution in [0.15, 0.2) is 36.4 Å². The minimum Gasteiger partial charge on any atom is -0.497 e. The second kappa shape index (κ2) is 7.09. The van der Waals surface area contributed by atoms with Crippen LogP contribution in [0, 0.1) is 12.7 Å². The molecule has 0 saturated carbocycles. The first-order valence-electron chi connectivity index (χ1n) is 6.59. The highest BCUT2D eigenvalue weighted by atomic mass is 32.1. The summed E-state index contributed by atoms with van der Waals surface area (Å²) in [6.45, 7) is 1.71. The molecule has 6 heteroatoms. The second-order valence-electron chi connectivity index (χ2n) is 4.61. The summed E-state index contributed by atoms with van der Waals surface area (Å²) in [5, 5.41) is 6.27. The maximum atomic E-state index is 13.5. The molecule has 0 fully saturated rings. The van der Waals surface area contributed by atoms with Crippen LogP contribution in [0.3, 0.4) is 0 Å². The summed E-state index contributed by atoms with van der Waals surface area (Å²) in [5.41, 5.74) is 1.81. The first-order chi connectivity index (χ1) is 10.5. The summed E-state index contributed by atoms with van der Waals surface area (Å²) in [6.07, 6.45) is 0. The van der Waals surface area contributed by atoms with Crippen molar-refractivity contribution in [1.82, 2.24) is 0 Å². The molecule has 4 nitrogen and oxygen atoms in total. The van der Waals surface area contributed by atoms with E-state index in [-0.39, 0.29) is 5.82 Å². The molecule has 0 aliphatic carbocycles. The van der Waals surface area contributed by atoms with Crippen molar-refractivity contribution in [3.63, 3.8) is 0 Å². The predicted molar refractivity (Wildman–Crippen MR) is 90.5 cm³/mol. The maximum Gasteiger partial charge on any atom is 0.175 e. The summed E-state index contributed by atoms with van der Waals surface area (Å²) < 4.78 is 24.0. The molecule has 0 aliphatic heterocycles. The Balaban J connectivity index is 2.12. The van der Waals surface area contributed by atoms with Gasteiger partial charge in [0.25, 0.3) is 0 Å². The van der Waals surface area contributed by atoms with Crippen LogP contribution in [0.5, 0.6) is 11.5 Å². The third-order valence-corrected chi connectivity index (χ3v) is 3.29. The van der Waals surface area contributed by atoms with E-state index in [0.717, 1.165) is 0 Å². The molecule has 2 aromatic rings. The van der Waals surface area contributed by atoms with E-state index in [4.69, 9.17) is 21.7 Å². The second-order valence-corrected chi connectivity index (χ2v) is 5.02. The average Bonchev–Trinajstić information content (AvgIpc) is 2.50. The summed E-state index contributed by atoms with van der Waals surface area (Å²) in [7, 11) is 3.15. The molecule has 22 heavy (non-hydrogen) atoms. The van der Waals surface area contributed by atoms with Gasteiger partial charge < -0.3 is 20.1 Å². The number of ether oxygens (including phenoxy) is 2. The van der Waals surface area contributed by atoms with Crippen LogP contribution in [0.1, 0.15) is 5.56 Å². The van der Waals surface area contributed by atoms with E-state index in [1.54, 1.807) is 51.5 Å². The average molecular weight is 320 g/mol. The van der Waals surface area contributed by atoms with E-state index in [9.17, 15) is 4.39 Å². The van der Waals surface area contributed by atoms with E-state index >= 15 is 0 Å². The van der Waals surface area contributed by atoms with Gasteiger partial charge in [-0.05, 0) is 49.0 Å². The van der Waals surface area contributed by atoms with Gasteiger partial charge in [0.15, 0.2) is 5.11 Å². The molecule has 2 aromatic carbocycles. The van der Waals surface area contributed by atoms with Crippen LogP contribution in [0.2, 0.25) is 0 Å². The topological polar surface area (TPSA) is 42.5 Å². The van der Waals surface area contributed by atoms with Gasteiger partial charge in [-0.2, -0.15) is 0 Å². The van der Waals surface area contributed by atoms with Crippen molar-refractivity contribution < 1.29 is 13.9 Å². The molecule has 0 amide bonds. The standard InChI is InChI=1S/C16H17FN2O2S/c1-10-4-5-11(8-13(10)17)18-16(22)19-14-9-12(20-2)6-7-15(14)21-3/h4-9H,1-3H3,(H2,18,19,22). The lowest BCUT2D eigenvalue weighted by atomic mass is 10.2. The van der Waals surface area contributed by atoms with E-state index in [0.29, 0.717) is 33.5 Å². The molecule has 0 spiro atoms. The van der Waals surface area contributed by atoms with Gasteiger partial charge in [-0.25, -0.2) is 4.39 Å². The molecule has 0 aliphatic rings. The van der Waals surface area contributed by atoms with Gasteiger partial charge in [0, 0.05) is 11.8 Å². The molecule has 2 rings (SSSR count). The lowest BCUT2D eigenvalue weighted by Crippen LogP contribution is -2.19. The number of hydrogen-bond donors (Lipinski definition) is 2. The first kappa shape index (κ1) is 16.0. The Bertz CT molecular complexity index is 692. The molecule has 0 aromatic heterocycles. The molecule has 2 N–H and O–H groups in total. The number of benzene rings is 2. The molecule has 0 unspecified atom stereocenters. The number of aryl methyl sites for hydroxylation is 1. The minimum atomic E-state index is -0.285. The van der Waals surface area contributed by atoms with E-state index in [1.807, 2.05) is 0 Å². The largest absolute Gasteiger partial charge is 0.497 e. The zero-order valence-electron chi connectivity index (χ0n) is 12.6. The van der Waals surface area contributed by atoms with Crippen LogP contribution in [0.4, 0.5) is 15.8 Å². The molecule has 0 heterocycles. The molecule has 116 valence electrons. The molecular weight excluding hydrogens is 303 g/mol. The third kappa shape index (κ3) is 3.85. The minimum absolute atomic E-state index is 0.285. The normalized spacial score (nSPS) is 10.0. The van der Waals surface area contributed by atoms with Crippen molar-refractivity contribution in [1.29, 1.82) is 0 Å². The molecule has 0 saturated heterocycles. The summed E-state index contributed by atoms with van der Waals surface area (Å²) in [6, 6.07) is 10.2. The van der Waals surface area contributed by atoms with Crippen LogP contribution in [-0.2, 0) is 0 Å². The predicted octanol–water partition coefficient (Wildman–Crippen LogP) is 3.96. The summed E-state index contributed by atoms with van der Waals surface area (Å²) in [4.78, 5) is 0. The monoisotopic (exact) mass is 320 g/mol. The van der Waals surface area contributed by atoms with Crippen molar-refractivity contribution in [2.24, 2.45) is 0 Å². The molecular formula is C16H17FN2O2S. The molecule has 0 atom stereocenters. The number of hydrogen-bond acceptors (Lipinski definition) is 3. The zero-order chi connectivity index (χ0) is 16.1. The molecule has 0 bridgehead atoms. The Labute approximate surface area is 134 Å². The van der Waals surface area contributed by atoms with E-state index in [1.165, 1.54) is 6.07 Å². The van der Waals surface area contributed by atoms with E-state index < -0.39 is 0 Å². The van der Waals surface area contributed by atoms with Gasteiger partial charge in [-0.3, -0.25) is 0 Å². The fourth-order valence-electron chi connectivity index (χ4n) is 1.87. The van der Waals surface area contributed by atoms with Crippen LogP contribution < -0.4 is 20.1 Å². The van der Waals surface area contributed by atoms with Gasteiger partial charge in [0.2, 0.25) is 0 Å². The Morgan fingerprint density at radius 2 is 1.82 bits per heavy atom. The highest BCUT2D eigenvalue weighted by molar-refractivity contribution is 7.80. The van der Waals surface area contributed by atoms with Gasteiger partial charge in [-0.1, -0.05) is 6.07 Å². The Morgan fingerprint density at radius 1 is 1.05 bits per heavy atom. The highest BCUT2D eigenvalue weighted by Crippen LogP contribution is 2.29. The Kier molecular flexibility index (Phi) is 5.16. The fourth-order valence-corrected chi connectivity index (χ4v) is 2.09. The van der Waals surface area contributed by atoms with Crippen LogP contribution in [0.25, 0.3) is 0 Å². The number of thiocarbonyl (C=S) groups is 1. The van der Waals surface area contributed by atoms with E-state index in [2.05, 4.69) is 10.6 Å². The quantitative estimate of drug-likeness (QED) is 0.835. The fraction of sp³-hybridized carbons (Fsp3) is 0.188.